The van der Waals surface area contributed by atoms with Gasteiger partial charge in [0, 0.05) is 12.0 Å². The molecule has 3 aromatic rings. The van der Waals surface area contributed by atoms with E-state index in [2.05, 4.69) is 0 Å². The van der Waals surface area contributed by atoms with Gasteiger partial charge in [-0.15, -0.1) is 0 Å². The van der Waals surface area contributed by atoms with Gasteiger partial charge in [-0.1, -0.05) is 30.3 Å². The number of aryl methyl sites for hydroxylation is 1. The standard InChI is InChI=1S/C21H20O3/c1-14-2-11-21(24)20(13-16-5-9-18(23)10-6-16)19(14)12-15-3-7-17(22)8-4-15/h2-11,22-24H,12-13H2,1H3. The highest BCUT2D eigenvalue weighted by molar-refractivity contribution is 5.49. The Balaban J connectivity index is 1.97. The molecule has 3 nitrogen and oxygen atoms in total. The molecule has 0 amide bonds. The Morgan fingerprint density at radius 2 is 1.04 bits per heavy atom. The summed E-state index contributed by atoms with van der Waals surface area (Å²) in [5.74, 6) is 0.759. The molecular weight excluding hydrogens is 300 g/mol. The Labute approximate surface area is 141 Å². The van der Waals surface area contributed by atoms with Gasteiger partial charge < -0.3 is 15.3 Å². The molecule has 0 spiro atoms. The molecule has 0 aliphatic rings. The Hall–Kier alpha value is -2.94. The minimum atomic E-state index is 0.233. The van der Waals surface area contributed by atoms with E-state index < -0.39 is 0 Å². The highest BCUT2D eigenvalue weighted by atomic mass is 16.3. The summed E-state index contributed by atoms with van der Waals surface area (Å²) >= 11 is 0. The largest absolute Gasteiger partial charge is 0.508 e. The SMILES string of the molecule is Cc1ccc(O)c(Cc2ccc(O)cc2)c1Cc1ccc(O)cc1. The van der Waals surface area contributed by atoms with Crippen LogP contribution in [0, 0.1) is 6.92 Å². The molecule has 0 bridgehead atoms. The summed E-state index contributed by atoms with van der Waals surface area (Å²) in [5, 5.41) is 29.2. The normalized spacial score (nSPS) is 10.7. The van der Waals surface area contributed by atoms with E-state index in [-0.39, 0.29) is 17.2 Å². The fourth-order valence-corrected chi connectivity index (χ4v) is 2.88. The molecule has 3 N–H and O–H groups in total. The summed E-state index contributed by atoms with van der Waals surface area (Å²) in [6.07, 6.45) is 1.29. The van der Waals surface area contributed by atoms with E-state index in [1.165, 1.54) is 0 Å². The predicted molar refractivity (Wildman–Crippen MR) is 94.7 cm³/mol. The van der Waals surface area contributed by atoms with Crippen molar-refractivity contribution in [2.75, 3.05) is 0 Å². The molecule has 0 aliphatic heterocycles. The van der Waals surface area contributed by atoms with Gasteiger partial charge in [0.15, 0.2) is 0 Å². The van der Waals surface area contributed by atoms with E-state index in [1.54, 1.807) is 30.3 Å². The van der Waals surface area contributed by atoms with E-state index in [1.807, 2.05) is 37.3 Å². The van der Waals surface area contributed by atoms with Crippen LogP contribution in [-0.2, 0) is 12.8 Å². The van der Waals surface area contributed by atoms with Crippen LogP contribution in [0.25, 0.3) is 0 Å². The van der Waals surface area contributed by atoms with Crippen LogP contribution in [0.2, 0.25) is 0 Å². The van der Waals surface area contributed by atoms with Crippen LogP contribution < -0.4 is 0 Å². The predicted octanol–water partition coefficient (Wildman–Crippen LogP) is 4.29. The van der Waals surface area contributed by atoms with E-state index >= 15 is 0 Å². The minimum absolute atomic E-state index is 0.233. The molecule has 0 aliphatic carbocycles. The molecule has 24 heavy (non-hydrogen) atoms. The third-order valence-corrected chi connectivity index (χ3v) is 4.28. The number of rotatable bonds is 4. The monoisotopic (exact) mass is 320 g/mol. The fourth-order valence-electron chi connectivity index (χ4n) is 2.88. The maximum absolute atomic E-state index is 10.4. The molecule has 0 fully saturated rings. The Kier molecular flexibility index (Phi) is 4.43. The maximum Gasteiger partial charge on any atom is 0.119 e. The summed E-state index contributed by atoms with van der Waals surface area (Å²) in [6, 6.07) is 17.8. The zero-order valence-corrected chi connectivity index (χ0v) is 13.5. The zero-order valence-electron chi connectivity index (χ0n) is 13.5. The van der Waals surface area contributed by atoms with Gasteiger partial charge >= 0.3 is 0 Å². The second-order valence-electron chi connectivity index (χ2n) is 6.05. The van der Waals surface area contributed by atoms with Crippen molar-refractivity contribution in [3.05, 3.63) is 88.5 Å². The van der Waals surface area contributed by atoms with Crippen molar-refractivity contribution in [2.24, 2.45) is 0 Å². The van der Waals surface area contributed by atoms with E-state index in [0.29, 0.717) is 12.8 Å². The summed E-state index contributed by atoms with van der Waals surface area (Å²) in [7, 11) is 0. The highest BCUT2D eigenvalue weighted by Crippen LogP contribution is 2.29. The van der Waals surface area contributed by atoms with E-state index in [4.69, 9.17) is 0 Å². The number of phenolic OH excluding ortho intramolecular Hbond substituents is 3. The number of hydrogen-bond acceptors (Lipinski definition) is 3. The van der Waals surface area contributed by atoms with Crippen molar-refractivity contribution >= 4 is 0 Å². The highest BCUT2D eigenvalue weighted by Gasteiger charge is 2.12. The fraction of sp³-hybridized carbons (Fsp3) is 0.143. The second-order valence-corrected chi connectivity index (χ2v) is 6.05. The van der Waals surface area contributed by atoms with Gasteiger partial charge in [-0.25, -0.2) is 0 Å². The molecule has 122 valence electrons. The van der Waals surface area contributed by atoms with Crippen molar-refractivity contribution in [3.8, 4) is 17.2 Å². The third-order valence-electron chi connectivity index (χ3n) is 4.28. The first kappa shape index (κ1) is 15.9. The molecule has 0 heterocycles. The smallest absolute Gasteiger partial charge is 0.119 e. The lowest BCUT2D eigenvalue weighted by atomic mass is 9.91. The Morgan fingerprint density at radius 1 is 0.583 bits per heavy atom. The lowest BCUT2D eigenvalue weighted by Crippen LogP contribution is -2.01. The van der Waals surface area contributed by atoms with Crippen molar-refractivity contribution in [3.63, 3.8) is 0 Å². The number of phenols is 3. The van der Waals surface area contributed by atoms with Gasteiger partial charge in [0.25, 0.3) is 0 Å². The molecular formula is C21H20O3. The van der Waals surface area contributed by atoms with Crippen LogP contribution in [0.3, 0.4) is 0 Å². The summed E-state index contributed by atoms with van der Waals surface area (Å²) < 4.78 is 0. The first-order valence-electron chi connectivity index (χ1n) is 7.89. The van der Waals surface area contributed by atoms with Crippen molar-refractivity contribution < 1.29 is 15.3 Å². The number of benzene rings is 3. The average Bonchev–Trinajstić information content (AvgIpc) is 2.58. The first-order chi connectivity index (χ1) is 11.5. The van der Waals surface area contributed by atoms with Gasteiger partial charge in [-0.3, -0.25) is 0 Å². The average molecular weight is 320 g/mol. The van der Waals surface area contributed by atoms with Crippen molar-refractivity contribution in [2.45, 2.75) is 19.8 Å². The van der Waals surface area contributed by atoms with Gasteiger partial charge in [-0.05, 0) is 65.9 Å². The molecule has 0 saturated heterocycles. The second kappa shape index (κ2) is 6.67. The van der Waals surface area contributed by atoms with Gasteiger partial charge in [0.2, 0.25) is 0 Å². The minimum Gasteiger partial charge on any atom is -0.508 e. The first-order valence-corrected chi connectivity index (χ1v) is 7.89. The topological polar surface area (TPSA) is 60.7 Å². The summed E-state index contributed by atoms with van der Waals surface area (Å²) in [6.45, 7) is 2.04. The molecule has 0 radical (unpaired) electrons. The zero-order chi connectivity index (χ0) is 17.1. The summed E-state index contributed by atoms with van der Waals surface area (Å²) in [4.78, 5) is 0. The molecule has 0 saturated carbocycles. The molecule has 3 aromatic carbocycles. The maximum atomic E-state index is 10.4. The quantitative estimate of drug-likeness (QED) is 0.672. The van der Waals surface area contributed by atoms with Crippen LogP contribution in [0.15, 0.2) is 60.7 Å². The number of hydrogen-bond donors (Lipinski definition) is 3. The molecule has 3 rings (SSSR count). The molecule has 3 heteroatoms. The van der Waals surface area contributed by atoms with Crippen LogP contribution in [0.5, 0.6) is 17.2 Å². The van der Waals surface area contributed by atoms with Crippen molar-refractivity contribution in [1.29, 1.82) is 0 Å². The Morgan fingerprint density at radius 3 is 1.54 bits per heavy atom. The van der Waals surface area contributed by atoms with Gasteiger partial charge in [0.1, 0.15) is 17.2 Å². The van der Waals surface area contributed by atoms with Gasteiger partial charge in [-0.2, -0.15) is 0 Å². The van der Waals surface area contributed by atoms with Crippen LogP contribution >= 0.6 is 0 Å². The van der Waals surface area contributed by atoms with E-state index in [9.17, 15) is 15.3 Å². The van der Waals surface area contributed by atoms with Crippen molar-refractivity contribution in [1.82, 2.24) is 0 Å². The molecule has 0 unspecified atom stereocenters. The van der Waals surface area contributed by atoms with Crippen LogP contribution in [0.1, 0.15) is 27.8 Å². The Bertz CT molecular complexity index is 762. The van der Waals surface area contributed by atoms with E-state index in [0.717, 1.165) is 27.8 Å². The third kappa shape index (κ3) is 3.51. The van der Waals surface area contributed by atoms with Gasteiger partial charge in [0.05, 0.1) is 0 Å². The molecule has 0 aromatic heterocycles. The lowest BCUT2D eigenvalue weighted by Gasteiger charge is -2.15. The molecule has 0 atom stereocenters. The van der Waals surface area contributed by atoms with Crippen LogP contribution in [0.4, 0.5) is 0 Å². The summed E-state index contributed by atoms with van der Waals surface area (Å²) in [5.41, 5.74) is 5.21. The lowest BCUT2D eigenvalue weighted by molar-refractivity contribution is 0.468. The number of aromatic hydroxyl groups is 3. The van der Waals surface area contributed by atoms with Crippen LogP contribution in [-0.4, -0.2) is 15.3 Å².